The number of hydrogen-bond acceptors (Lipinski definition) is 2. The Morgan fingerprint density at radius 1 is 1.05 bits per heavy atom. The number of nitrogens with one attached hydrogen (secondary N) is 1. The Hall–Kier alpha value is -2.13. The Morgan fingerprint density at radius 3 is 2.32 bits per heavy atom. The lowest BCUT2D eigenvalue weighted by atomic mass is 10.1. The molecule has 0 aliphatic carbocycles. The van der Waals surface area contributed by atoms with Gasteiger partial charge in [-0.15, -0.1) is 0 Å². The van der Waals surface area contributed by atoms with Gasteiger partial charge < -0.3 is 5.32 Å². The van der Waals surface area contributed by atoms with Crippen LogP contribution in [0.3, 0.4) is 0 Å². The fourth-order valence-electron chi connectivity index (χ4n) is 1.47. The van der Waals surface area contributed by atoms with Crippen LogP contribution in [0.2, 0.25) is 5.02 Å². The summed E-state index contributed by atoms with van der Waals surface area (Å²) in [5.41, 5.74) is 1.27. The summed E-state index contributed by atoms with van der Waals surface area (Å²) in [6.45, 7) is 0. The van der Waals surface area contributed by atoms with Gasteiger partial charge in [-0.2, -0.15) is 0 Å². The van der Waals surface area contributed by atoms with Crippen molar-refractivity contribution >= 4 is 23.1 Å². The second-order valence-corrected chi connectivity index (χ2v) is 4.29. The van der Waals surface area contributed by atoms with Crippen molar-refractivity contribution in [1.29, 1.82) is 0 Å². The smallest absolute Gasteiger partial charge is 0.187 e. The van der Waals surface area contributed by atoms with E-state index in [4.69, 9.17) is 11.6 Å². The van der Waals surface area contributed by atoms with E-state index in [0.717, 1.165) is 5.69 Å². The van der Waals surface area contributed by atoms with Crippen LogP contribution in [0, 0.1) is 5.82 Å². The number of hydrogen-bond donors (Lipinski definition) is 1. The van der Waals surface area contributed by atoms with Crippen molar-refractivity contribution in [3.05, 3.63) is 77.2 Å². The first-order valence-corrected chi connectivity index (χ1v) is 6.01. The maximum Gasteiger partial charge on any atom is 0.187 e. The largest absolute Gasteiger partial charge is 0.362 e. The van der Waals surface area contributed by atoms with E-state index >= 15 is 0 Å². The molecule has 2 nitrogen and oxygen atoms in total. The van der Waals surface area contributed by atoms with Crippen LogP contribution in [0.4, 0.5) is 10.1 Å². The van der Waals surface area contributed by atoms with Gasteiger partial charge in [-0.05, 0) is 48.5 Å². The highest BCUT2D eigenvalue weighted by Gasteiger charge is 2.00. The standard InChI is InChI=1S/C15H11ClFNO/c16-12-3-7-14(8-4-12)18-10-9-15(19)11-1-5-13(17)6-2-11/h1-10,18H/b10-9-. The van der Waals surface area contributed by atoms with Crippen LogP contribution >= 0.6 is 11.6 Å². The summed E-state index contributed by atoms with van der Waals surface area (Å²) in [4.78, 5) is 11.7. The van der Waals surface area contributed by atoms with Crippen molar-refractivity contribution < 1.29 is 9.18 Å². The molecule has 0 saturated carbocycles. The van der Waals surface area contributed by atoms with E-state index in [2.05, 4.69) is 5.32 Å². The Labute approximate surface area is 115 Å². The lowest BCUT2D eigenvalue weighted by Gasteiger charge is -2.00. The average molecular weight is 276 g/mol. The van der Waals surface area contributed by atoms with Crippen molar-refractivity contribution in [2.75, 3.05) is 5.32 Å². The third-order valence-corrected chi connectivity index (χ3v) is 2.71. The van der Waals surface area contributed by atoms with Gasteiger partial charge in [-0.1, -0.05) is 11.6 Å². The monoisotopic (exact) mass is 275 g/mol. The minimum Gasteiger partial charge on any atom is -0.362 e. The molecule has 0 amide bonds. The molecular weight excluding hydrogens is 265 g/mol. The molecule has 4 heteroatoms. The van der Waals surface area contributed by atoms with Crippen molar-refractivity contribution in [2.24, 2.45) is 0 Å². The summed E-state index contributed by atoms with van der Waals surface area (Å²) < 4.78 is 12.7. The number of halogens is 2. The van der Waals surface area contributed by atoms with Gasteiger partial charge in [-0.25, -0.2) is 4.39 Å². The van der Waals surface area contributed by atoms with E-state index in [1.165, 1.54) is 36.5 Å². The minimum absolute atomic E-state index is 0.193. The first-order valence-electron chi connectivity index (χ1n) is 5.64. The Morgan fingerprint density at radius 2 is 1.68 bits per heavy atom. The number of carbonyl (C=O) groups is 1. The third kappa shape index (κ3) is 3.93. The molecule has 2 aromatic rings. The zero-order chi connectivity index (χ0) is 13.7. The van der Waals surface area contributed by atoms with E-state index < -0.39 is 0 Å². The summed E-state index contributed by atoms with van der Waals surface area (Å²) in [6.07, 6.45) is 2.93. The molecule has 0 atom stereocenters. The molecule has 1 N–H and O–H groups in total. The van der Waals surface area contributed by atoms with Gasteiger partial charge >= 0.3 is 0 Å². The van der Waals surface area contributed by atoms with Gasteiger partial charge in [0.15, 0.2) is 5.78 Å². The Balaban J connectivity index is 1.97. The SMILES string of the molecule is O=C(/C=C\Nc1ccc(Cl)cc1)c1ccc(F)cc1. The quantitative estimate of drug-likeness (QED) is 0.666. The number of anilines is 1. The van der Waals surface area contributed by atoms with E-state index in [1.54, 1.807) is 24.3 Å². The first-order chi connectivity index (χ1) is 9.15. The molecule has 19 heavy (non-hydrogen) atoms. The second-order valence-electron chi connectivity index (χ2n) is 3.86. The molecule has 2 aromatic carbocycles. The van der Waals surface area contributed by atoms with Gasteiger partial charge in [0.25, 0.3) is 0 Å². The van der Waals surface area contributed by atoms with Gasteiger partial charge in [-0.3, -0.25) is 4.79 Å². The third-order valence-electron chi connectivity index (χ3n) is 2.46. The van der Waals surface area contributed by atoms with Gasteiger partial charge in [0.05, 0.1) is 0 Å². The number of allylic oxidation sites excluding steroid dienone is 1. The van der Waals surface area contributed by atoms with Crippen molar-refractivity contribution in [3.8, 4) is 0 Å². The van der Waals surface area contributed by atoms with E-state index in [0.29, 0.717) is 10.6 Å². The molecule has 0 aliphatic rings. The zero-order valence-corrected chi connectivity index (χ0v) is 10.7. The zero-order valence-electron chi connectivity index (χ0n) is 9.94. The molecule has 0 aliphatic heterocycles. The summed E-state index contributed by atoms with van der Waals surface area (Å²) in [6, 6.07) is 12.5. The van der Waals surface area contributed by atoms with Gasteiger partial charge in [0.1, 0.15) is 5.82 Å². The van der Waals surface area contributed by atoms with Crippen LogP contribution in [0.1, 0.15) is 10.4 Å². The molecule has 0 radical (unpaired) electrons. The molecule has 0 heterocycles. The average Bonchev–Trinajstić information content (AvgIpc) is 2.41. The molecule has 0 fully saturated rings. The van der Waals surface area contributed by atoms with Crippen LogP contribution in [0.15, 0.2) is 60.8 Å². The number of rotatable bonds is 4. The van der Waals surface area contributed by atoms with Crippen LogP contribution < -0.4 is 5.32 Å². The maximum absolute atomic E-state index is 12.7. The minimum atomic E-state index is -0.361. The van der Waals surface area contributed by atoms with E-state index in [9.17, 15) is 9.18 Å². The summed E-state index contributed by atoms with van der Waals surface area (Å²) in [5.74, 6) is -0.554. The highest BCUT2D eigenvalue weighted by Crippen LogP contribution is 2.13. The van der Waals surface area contributed by atoms with Crippen molar-refractivity contribution in [3.63, 3.8) is 0 Å². The summed E-state index contributed by atoms with van der Waals surface area (Å²) in [7, 11) is 0. The second kappa shape index (κ2) is 6.16. The molecule has 96 valence electrons. The number of carbonyl (C=O) groups excluding carboxylic acids is 1. The van der Waals surface area contributed by atoms with Crippen LogP contribution in [-0.2, 0) is 0 Å². The first kappa shape index (κ1) is 13.3. The van der Waals surface area contributed by atoms with Crippen molar-refractivity contribution in [1.82, 2.24) is 0 Å². The molecule has 0 bridgehead atoms. The maximum atomic E-state index is 12.7. The Kier molecular flexibility index (Phi) is 4.31. The van der Waals surface area contributed by atoms with Crippen molar-refractivity contribution in [2.45, 2.75) is 0 Å². The van der Waals surface area contributed by atoms with Gasteiger partial charge in [0, 0.05) is 28.5 Å². The van der Waals surface area contributed by atoms with Gasteiger partial charge in [0.2, 0.25) is 0 Å². The van der Waals surface area contributed by atoms with Crippen LogP contribution in [-0.4, -0.2) is 5.78 Å². The fraction of sp³-hybridized carbons (Fsp3) is 0. The number of ketones is 1. The summed E-state index contributed by atoms with van der Waals surface area (Å²) in [5, 5.41) is 3.60. The highest BCUT2D eigenvalue weighted by molar-refractivity contribution is 6.30. The molecular formula is C15H11ClFNO. The lowest BCUT2D eigenvalue weighted by molar-refractivity contribution is 0.104. The molecule has 0 unspecified atom stereocenters. The summed E-state index contributed by atoms with van der Waals surface area (Å²) >= 11 is 5.76. The fourth-order valence-corrected chi connectivity index (χ4v) is 1.60. The molecule has 0 spiro atoms. The predicted octanol–water partition coefficient (Wildman–Crippen LogP) is 4.29. The molecule has 0 saturated heterocycles. The van der Waals surface area contributed by atoms with Crippen LogP contribution in [0.25, 0.3) is 0 Å². The molecule has 0 aromatic heterocycles. The predicted molar refractivity (Wildman–Crippen MR) is 74.9 cm³/mol. The van der Waals surface area contributed by atoms with E-state index in [-0.39, 0.29) is 11.6 Å². The van der Waals surface area contributed by atoms with Crippen LogP contribution in [0.5, 0.6) is 0 Å². The van der Waals surface area contributed by atoms with E-state index in [1.807, 2.05) is 0 Å². The normalized spacial score (nSPS) is 10.6. The number of benzene rings is 2. The molecule has 2 rings (SSSR count). The Bertz CT molecular complexity index is 591. The lowest BCUT2D eigenvalue weighted by Crippen LogP contribution is -1.96. The highest BCUT2D eigenvalue weighted by atomic mass is 35.5. The topological polar surface area (TPSA) is 29.1 Å².